The monoisotopic (exact) mass is 149 g/mol. The van der Waals surface area contributed by atoms with Gasteiger partial charge in [-0.3, -0.25) is 0 Å². The molecule has 0 aliphatic rings. The molecule has 0 aliphatic heterocycles. The molecular formula is C6H13S2. The lowest BCUT2D eigenvalue weighted by molar-refractivity contribution is 1.13. The van der Waals surface area contributed by atoms with Gasteiger partial charge in [0.05, 0.1) is 0 Å². The highest BCUT2D eigenvalue weighted by atomic mass is 32.2. The molecule has 0 unspecified atom stereocenters. The first kappa shape index (κ1) is 8.70. The number of hydrogen-bond acceptors (Lipinski definition) is 2. The highest BCUT2D eigenvalue weighted by Gasteiger charge is 1.83. The lowest BCUT2D eigenvalue weighted by atomic mass is 10.6. The molecule has 0 spiro atoms. The third kappa shape index (κ3) is 6.70. The Kier molecular flexibility index (Phi) is 8.37. The van der Waals surface area contributed by atoms with Gasteiger partial charge in [-0.2, -0.15) is 23.5 Å². The molecule has 0 nitrogen and oxygen atoms in total. The average Bonchev–Trinajstić information content (AvgIpc) is 1.81. The molecule has 0 fully saturated rings. The zero-order chi connectivity index (χ0) is 6.24. The second-order valence-electron chi connectivity index (χ2n) is 1.46. The van der Waals surface area contributed by atoms with Gasteiger partial charge in [0.25, 0.3) is 0 Å². The third-order valence-corrected chi connectivity index (χ3v) is 2.34. The molecule has 0 bridgehead atoms. The Balaban J connectivity index is 2.53. The van der Waals surface area contributed by atoms with Gasteiger partial charge in [0, 0.05) is 0 Å². The van der Waals surface area contributed by atoms with E-state index in [9.17, 15) is 0 Å². The number of thioether (sulfide) groups is 2. The Bertz CT molecular complexity index is 31.5. The zero-order valence-corrected chi connectivity index (χ0v) is 6.99. The van der Waals surface area contributed by atoms with Crippen LogP contribution in [0.25, 0.3) is 0 Å². The van der Waals surface area contributed by atoms with Crippen molar-refractivity contribution in [2.75, 3.05) is 23.5 Å². The lowest BCUT2D eigenvalue weighted by Crippen LogP contribution is -1.82. The van der Waals surface area contributed by atoms with Gasteiger partial charge in [-0.1, -0.05) is 0 Å². The van der Waals surface area contributed by atoms with Gasteiger partial charge < -0.3 is 0 Å². The molecule has 0 saturated carbocycles. The molecule has 0 aromatic carbocycles. The molecule has 2 heteroatoms. The largest absolute Gasteiger partial charge is 0.165 e. The van der Waals surface area contributed by atoms with Crippen molar-refractivity contribution in [3.8, 4) is 0 Å². The Morgan fingerprint density at radius 3 is 2.62 bits per heavy atom. The maximum absolute atomic E-state index is 3.74. The summed E-state index contributed by atoms with van der Waals surface area (Å²) < 4.78 is 0. The van der Waals surface area contributed by atoms with Crippen molar-refractivity contribution < 1.29 is 0 Å². The van der Waals surface area contributed by atoms with Crippen molar-refractivity contribution in [1.82, 2.24) is 0 Å². The van der Waals surface area contributed by atoms with Crippen molar-refractivity contribution in [3.63, 3.8) is 0 Å². The summed E-state index contributed by atoms with van der Waals surface area (Å²) in [4.78, 5) is 0. The predicted molar refractivity (Wildman–Crippen MR) is 45.7 cm³/mol. The summed E-state index contributed by atoms with van der Waals surface area (Å²) in [7, 11) is 0. The molecule has 0 atom stereocenters. The molecular weight excluding hydrogens is 136 g/mol. The van der Waals surface area contributed by atoms with Crippen LogP contribution in [0.15, 0.2) is 0 Å². The van der Waals surface area contributed by atoms with Crippen LogP contribution in [0, 0.1) is 6.92 Å². The van der Waals surface area contributed by atoms with E-state index in [0.717, 1.165) is 5.75 Å². The summed E-state index contributed by atoms with van der Waals surface area (Å²) >= 11 is 3.84. The maximum Gasteiger partial charge on any atom is -0.00597 e. The van der Waals surface area contributed by atoms with Crippen molar-refractivity contribution in [1.29, 1.82) is 0 Å². The molecule has 0 N–H and O–H groups in total. The molecule has 0 heterocycles. The minimum Gasteiger partial charge on any atom is -0.165 e. The van der Waals surface area contributed by atoms with E-state index in [2.05, 4.69) is 13.2 Å². The van der Waals surface area contributed by atoms with E-state index >= 15 is 0 Å². The molecule has 0 rings (SSSR count). The fourth-order valence-electron chi connectivity index (χ4n) is 0.407. The summed E-state index contributed by atoms with van der Waals surface area (Å²) in [5, 5.41) is 0. The predicted octanol–water partition coefficient (Wildman–Crippen LogP) is 2.31. The summed E-state index contributed by atoms with van der Waals surface area (Å²) in [5.74, 6) is 3.60. The first-order valence-corrected chi connectivity index (χ1v) is 5.32. The molecule has 0 aliphatic carbocycles. The minimum absolute atomic E-state index is 1.02. The van der Waals surface area contributed by atoms with Gasteiger partial charge in [-0.05, 0) is 36.9 Å². The van der Waals surface area contributed by atoms with Crippen LogP contribution in [0.5, 0.6) is 0 Å². The third-order valence-electron chi connectivity index (χ3n) is 0.781. The highest BCUT2D eigenvalue weighted by Crippen LogP contribution is 2.03. The van der Waals surface area contributed by atoms with Crippen molar-refractivity contribution in [2.24, 2.45) is 0 Å². The summed E-state index contributed by atoms with van der Waals surface area (Å²) in [6.45, 7) is 3.74. The van der Waals surface area contributed by atoms with Crippen molar-refractivity contribution in [3.05, 3.63) is 6.92 Å². The van der Waals surface area contributed by atoms with Gasteiger partial charge in [0.1, 0.15) is 0 Å². The molecule has 0 aromatic heterocycles. The average molecular weight is 149 g/mol. The van der Waals surface area contributed by atoms with Crippen LogP contribution in [-0.4, -0.2) is 23.5 Å². The van der Waals surface area contributed by atoms with E-state index in [1.807, 2.05) is 23.5 Å². The van der Waals surface area contributed by atoms with Gasteiger partial charge in [-0.15, -0.1) is 0 Å². The first-order chi connectivity index (χ1) is 3.91. The minimum atomic E-state index is 1.02. The summed E-state index contributed by atoms with van der Waals surface area (Å²) in [6.07, 6.45) is 3.48. The Hall–Kier alpha value is 0.700. The Labute approximate surface area is 60.8 Å². The quantitative estimate of drug-likeness (QED) is 0.550. The van der Waals surface area contributed by atoms with Crippen LogP contribution in [0.1, 0.15) is 6.42 Å². The second-order valence-corrected chi connectivity index (χ2v) is 3.67. The fraction of sp³-hybridized carbons (Fsp3) is 0.833. The zero-order valence-electron chi connectivity index (χ0n) is 5.35. The van der Waals surface area contributed by atoms with Gasteiger partial charge in [0.15, 0.2) is 0 Å². The van der Waals surface area contributed by atoms with Crippen LogP contribution in [0.4, 0.5) is 0 Å². The standard InChI is InChI=1S/C6H13S2/c1-3-8-6-4-5-7-2/h1,3-6H2,2H3. The number of hydrogen-bond donors (Lipinski definition) is 0. The van der Waals surface area contributed by atoms with Crippen LogP contribution in [0.3, 0.4) is 0 Å². The molecule has 0 aromatic rings. The van der Waals surface area contributed by atoms with Crippen LogP contribution < -0.4 is 0 Å². The molecule has 8 heavy (non-hydrogen) atoms. The summed E-state index contributed by atoms with van der Waals surface area (Å²) in [5.41, 5.74) is 0. The first-order valence-electron chi connectivity index (χ1n) is 2.77. The number of rotatable bonds is 5. The SMILES string of the molecule is [CH2]CSCCCSC. The van der Waals surface area contributed by atoms with E-state index in [0.29, 0.717) is 0 Å². The Morgan fingerprint density at radius 2 is 2.12 bits per heavy atom. The van der Waals surface area contributed by atoms with Gasteiger partial charge in [0.2, 0.25) is 0 Å². The van der Waals surface area contributed by atoms with Crippen LogP contribution >= 0.6 is 23.5 Å². The van der Waals surface area contributed by atoms with E-state index in [4.69, 9.17) is 0 Å². The normalized spacial score (nSPS) is 9.75. The fourth-order valence-corrected chi connectivity index (χ4v) is 1.58. The summed E-state index contributed by atoms with van der Waals surface area (Å²) in [6, 6.07) is 0. The highest BCUT2D eigenvalue weighted by molar-refractivity contribution is 7.99. The van der Waals surface area contributed by atoms with Crippen LogP contribution in [-0.2, 0) is 0 Å². The van der Waals surface area contributed by atoms with Gasteiger partial charge in [-0.25, -0.2) is 0 Å². The lowest BCUT2D eigenvalue weighted by Gasteiger charge is -1.93. The molecule has 0 amide bonds. The Morgan fingerprint density at radius 1 is 1.38 bits per heavy atom. The van der Waals surface area contributed by atoms with Crippen molar-refractivity contribution >= 4 is 23.5 Å². The topological polar surface area (TPSA) is 0 Å². The smallest absolute Gasteiger partial charge is 0.00597 e. The van der Waals surface area contributed by atoms with Crippen LogP contribution in [0.2, 0.25) is 0 Å². The molecule has 1 radical (unpaired) electrons. The molecule has 0 saturated heterocycles. The van der Waals surface area contributed by atoms with E-state index in [-0.39, 0.29) is 0 Å². The molecule has 49 valence electrons. The van der Waals surface area contributed by atoms with Gasteiger partial charge >= 0.3 is 0 Å². The van der Waals surface area contributed by atoms with Crippen molar-refractivity contribution in [2.45, 2.75) is 6.42 Å². The van der Waals surface area contributed by atoms with E-state index in [1.165, 1.54) is 17.9 Å². The second kappa shape index (κ2) is 7.70. The maximum atomic E-state index is 3.74. The van der Waals surface area contributed by atoms with E-state index in [1.54, 1.807) is 0 Å². The van der Waals surface area contributed by atoms with E-state index < -0.39 is 0 Å².